The molecule has 1 aliphatic rings. The Morgan fingerprint density at radius 3 is 2.65 bits per heavy atom. The highest BCUT2D eigenvalue weighted by Gasteiger charge is 2.24. The summed E-state index contributed by atoms with van der Waals surface area (Å²) in [5.41, 5.74) is -0.247. The third-order valence-corrected chi connectivity index (χ3v) is 2.92. The van der Waals surface area contributed by atoms with Crippen LogP contribution in [0.5, 0.6) is 5.75 Å². The molecule has 1 aromatic rings. The molecule has 2 rings (SSSR count). The van der Waals surface area contributed by atoms with Crippen LogP contribution in [-0.2, 0) is 5.41 Å². The Morgan fingerprint density at radius 2 is 2.12 bits per heavy atom. The van der Waals surface area contributed by atoms with Crippen molar-refractivity contribution in [3.8, 4) is 5.75 Å². The van der Waals surface area contributed by atoms with Crippen molar-refractivity contribution < 1.29 is 9.13 Å². The van der Waals surface area contributed by atoms with Gasteiger partial charge in [0.2, 0.25) is 5.82 Å². The second kappa shape index (κ2) is 4.17. The lowest BCUT2D eigenvalue weighted by atomic mass is 9.91. The predicted molar refractivity (Wildman–Crippen MR) is 63.9 cm³/mol. The minimum atomic E-state index is -0.821. The van der Waals surface area contributed by atoms with Crippen molar-refractivity contribution in [2.75, 3.05) is 6.61 Å². The largest absolute Gasteiger partial charge is 0.490 e. The summed E-state index contributed by atoms with van der Waals surface area (Å²) in [6, 6.07) is 1.60. The average molecular weight is 239 g/mol. The van der Waals surface area contributed by atoms with E-state index in [1.54, 1.807) is 6.07 Å². The van der Waals surface area contributed by atoms with Gasteiger partial charge >= 0.3 is 0 Å². The first-order chi connectivity index (χ1) is 7.88. The van der Waals surface area contributed by atoms with Gasteiger partial charge in [-0.3, -0.25) is 4.79 Å². The average Bonchev–Trinajstić information content (AvgIpc) is 3.02. The maximum atomic E-state index is 13.6. The van der Waals surface area contributed by atoms with Gasteiger partial charge in [0.1, 0.15) is 0 Å². The second-order valence-corrected chi connectivity index (χ2v) is 5.69. The van der Waals surface area contributed by atoms with Crippen molar-refractivity contribution in [1.82, 2.24) is 4.98 Å². The lowest BCUT2D eigenvalue weighted by Crippen LogP contribution is -2.22. The standard InChI is InChI=1S/C13H18FNO2/c1-13(2,3)10-6-9(11(14)12(16)15-10)17-7-8-4-5-8/h6,8H,4-5,7H2,1-3H3,(H,15,16). The number of aromatic amines is 1. The summed E-state index contributed by atoms with van der Waals surface area (Å²) in [5.74, 6) is -0.212. The van der Waals surface area contributed by atoms with Gasteiger partial charge in [0.05, 0.1) is 6.61 Å². The van der Waals surface area contributed by atoms with Gasteiger partial charge in [0, 0.05) is 17.2 Å². The lowest BCUT2D eigenvalue weighted by molar-refractivity contribution is 0.282. The second-order valence-electron chi connectivity index (χ2n) is 5.69. The quantitative estimate of drug-likeness (QED) is 0.881. The van der Waals surface area contributed by atoms with E-state index in [0.717, 1.165) is 12.8 Å². The summed E-state index contributed by atoms with van der Waals surface area (Å²) >= 11 is 0. The summed E-state index contributed by atoms with van der Waals surface area (Å²) in [6.45, 7) is 6.38. The van der Waals surface area contributed by atoms with E-state index < -0.39 is 11.4 Å². The molecule has 1 saturated carbocycles. The molecule has 0 radical (unpaired) electrons. The number of ether oxygens (including phenoxy) is 1. The van der Waals surface area contributed by atoms with Crippen LogP contribution in [0.25, 0.3) is 0 Å². The van der Waals surface area contributed by atoms with E-state index >= 15 is 0 Å². The third kappa shape index (κ3) is 2.87. The van der Waals surface area contributed by atoms with Gasteiger partial charge < -0.3 is 9.72 Å². The number of hydrogen-bond acceptors (Lipinski definition) is 2. The van der Waals surface area contributed by atoms with Crippen molar-refractivity contribution in [2.45, 2.75) is 39.0 Å². The fraction of sp³-hybridized carbons (Fsp3) is 0.615. The Labute approximate surface area is 100 Å². The molecule has 0 atom stereocenters. The van der Waals surface area contributed by atoms with Crippen molar-refractivity contribution in [3.05, 3.63) is 27.9 Å². The number of H-pyrrole nitrogens is 1. The van der Waals surface area contributed by atoms with Gasteiger partial charge in [-0.05, 0) is 18.8 Å². The number of nitrogens with one attached hydrogen (secondary N) is 1. The number of halogens is 1. The van der Waals surface area contributed by atoms with Crippen molar-refractivity contribution in [3.63, 3.8) is 0 Å². The molecule has 94 valence electrons. The van der Waals surface area contributed by atoms with E-state index in [2.05, 4.69) is 4.98 Å². The summed E-state index contributed by atoms with van der Waals surface area (Å²) in [6.07, 6.45) is 2.27. The van der Waals surface area contributed by atoms with E-state index in [1.807, 2.05) is 20.8 Å². The first kappa shape index (κ1) is 12.1. The Bertz CT molecular complexity index is 469. The van der Waals surface area contributed by atoms with Gasteiger partial charge in [-0.25, -0.2) is 0 Å². The molecule has 0 bridgehead atoms. The van der Waals surface area contributed by atoms with Crippen molar-refractivity contribution >= 4 is 0 Å². The highest BCUT2D eigenvalue weighted by atomic mass is 19.1. The van der Waals surface area contributed by atoms with Crippen molar-refractivity contribution in [2.24, 2.45) is 5.92 Å². The molecule has 0 aliphatic heterocycles. The zero-order chi connectivity index (χ0) is 12.6. The molecule has 1 aliphatic carbocycles. The topological polar surface area (TPSA) is 42.1 Å². The molecule has 1 aromatic heterocycles. The van der Waals surface area contributed by atoms with Crippen LogP contribution in [0.2, 0.25) is 0 Å². The highest BCUT2D eigenvalue weighted by Crippen LogP contribution is 2.30. The summed E-state index contributed by atoms with van der Waals surface area (Å²) in [7, 11) is 0. The molecule has 0 unspecified atom stereocenters. The number of hydrogen-bond donors (Lipinski definition) is 1. The third-order valence-electron chi connectivity index (χ3n) is 2.92. The Kier molecular flexibility index (Phi) is 2.98. The highest BCUT2D eigenvalue weighted by molar-refractivity contribution is 5.28. The van der Waals surface area contributed by atoms with E-state index in [4.69, 9.17) is 4.74 Å². The summed E-state index contributed by atoms with van der Waals surface area (Å²) in [4.78, 5) is 14.0. The van der Waals surface area contributed by atoms with E-state index in [1.165, 1.54) is 0 Å². The monoisotopic (exact) mass is 239 g/mol. The normalized spacial score (nSPS) is 16.0. The maximum absolute atomic E-state index is 13.6. The minimum Gasteiger partial charge on any atom is -0.490 e. The van der Waals surface area contributed by atoms with Crippen LogP contribution in [0, 0.1) is 11.7 Å². The first-order valence-corrected chi connectivity index (χ1v) is 5.94. The van der Waals surface area contributed by atoms with Crippen LogP contribution in [-0.4, -0.2) is 11.6 Å². The number of aromatic nitrogens is 1. The molecule has 0 amide bonds. The van der Waals surface area contributed by atoms with Gasteiger partial charge in [-0.15, -0.1) is 0 Å². The summed E-state index contributed by atoms with van der Waals surface area (Å²) in [5, 5.41) is 0. The summed E-state index contributed by atoms with van der Waals surface area (Å²) < 4.78 is 19.0. The fourth-order valence-corrected chi connectivity index (χ4v) is 1.52. The van der Waals surface area contributed by atoms with Gasteiger partial charge in [-0.1, -0.05) is 20.8 Å². The van der Waals surface area contributed by atoms with Crippen LogP contribution < -0.4 is 10.3 Å². The van der Waals surface area contributed by atoms with Crippen LogP contribution in [0.3, 0.4) is 0 Å². The van der Waals surface area contributed by atoms with Crippen LogP contribution in [0.1, 0.15) is 39.3 Å². The molecule has 0 spiro atoms. The van der Waals surface area contributed by atoms with Crippen molar-refractivity contribution in [1.29, 1.82) is 0 Å². The smallest absolute Gasteiger partial charge is 0.288 e. The zero-order valence-corrected chi connectivity index (χ0v) is 10.5. The van der Waals surface area contributed by atoms with E-state index in [-0.39, 0.29) is 11.2 Å². The molecule has 1 N–H and O–H groups in total. The molecular formula is C13H18FNO2. The Balaban J connectivity index is 2.28. The molecule has 4 heteroatoms. The molecule has 0 saturated heterocycles. The van der Waals surface area contributed by atoms with Crippen LogP contribution in [0.4, 0.5) is 4.39 Å². The SMILES string of the molecule is CC(C)(C)c1cc(OCC2CC2)c(F)c(=O)[nH]1. The van der Waals surface area contributed by atoms with E-state index in [9.17, 15) is 9.18 Å². The van der Waals surface area contributed by atoms with Crippen LogP contribution >= 0.6 is 0 Å². The molecule has 3 nitrogen and oxygen atoms in total. The maximum Gasteiger partial charge on any atom is 0.288 e. The van der Waals surface area contributed by atoms with Gasteiger partial charge in [0.25, 0.3) is 5.56 Å². The first-order valence-electron chi connectivity index (χ1n) is 5.94. The Hall–Kier alpha value is -1.32. The molecule has 17 heavy (non-hydrogen) atoms. The number of pyridine rings is 1. The van der Waals surface area contributed by atoms with E-state index in [0.29, 0.717) is 18.2 Å². The number of rotatable bonds is 3. The predicted octanol–water partition coefficient (Wildman–Crippen LogP) is 2.60. The Morgan fingerprint density at radius 1 is 1.47 bits per heavy atom. The molecule has 1 fully saturated rings. The minimum absolute atomic E-state index is 0.0746. The zero-order valence-electron chi connectivity index (χ0n) is 10.5. The molecular weight excluding hydrogens is 221 g/mol. The molecule has 0 aromatic carbocycles. The molecule has 1 heterocycles. The van der Waals surface area contributed by atoms with Crippen LogP contribution in [0.15, 0.2) is 10.9 Å². The lowest BCUT2D eigenvalue weighted by Gasteiger charge is -2.19. The van der Waals surface area contributed by atoms with Gasteiger partial charge in [0.15, 0.2) is 5.75 Å². The van der Waals surface area contributed by atoms with Gasteiger partial charge in [-0.2, -0.15) is 4.39 Å². The fourth-order valence-electron chi connectivity index (χ4n) is 1.52.